The van der Waals surface area contributed by atoms with Gasteiger partial charge in [-0.2, -0.15) is 0 Å². The van der Waals surface area contributed by atoms with Gasteiger partial charge in [-0.3, -0.25) is 4.79 Å². The van der Waals surface area contributed by atoms with Crippen LogP contribution in [0.3, 0.4) is 0 Å². The lowest BCUT2D eigenvalue weighted by Crippen LogP contribution is -2.48. The summed E-state index contributed by atoms with van der Waals surface area (Å²) in [6.45, 7) is 4.41. The van der Waals surface area contributed by atoms with Crippen LogP contribution in [0.4, 0.5) is 4.39 Å². The van der Waals surface area contributed by atoms with Crippen LogP contribution in [-0.2, 0) is 4.74 Å². The third-order valence-corrected chi connectivity index (χ3v) is 3.22. The Balaban J connectivity index is 2.31. The molecule has 0 aromatic heterocycles. The Morgan fingerprint density at radius 1 is 1.43 bits per heavy atom. The highest BCUT2D eigenvalue weighted by Crippen LogP contribution is 2.17. The molecule has 21 heavy (non-hydrogen) atoms. The third kappa shape index (κ3) is 3.81. The van der Waals surface area contributed by atoms with Crippen LogP contribution in [0, 0.1) is 17.7 Å². The van der Waals surface area contributed by atoms with Gasteiger partial charge < -0.3 is 14.7 Å². The number of aliphatic hydroxyl groups excluding tert-OH is 1. The second kappa shape index (κ2) is 6.70. The maximum atomic E-state index is 13.5. The molecule has 1 aliphatic heterocycles. The Labute approximate surface area is 123 Å². The third-order valence-electron chi connectivity index (χ3n) is 3.22. The van der Waals surface area contributed by atoms with Crippen molar-refractivity contribution in [3.05, 3.63) is 35.1 Å². The van der Waals surface area contributed by atoms with E-state index in [0.29, 0.717) is 18.7 Å². The molecular weight excluding hydrogens is 273 g/mol. The van der Waals surface area contributed by atoms with Gasteiger partial charge in [-0.05, 0) is 32.0 Å². The van der Waals surface area contributed by atoms with E-state index < -0.39 is 5.82 Å². The highest BCUT2D eigenvalue weighted by atomic mass is 19.1. The first kappa shape index (κ1) is 15.5. The Hall–Kier alpha value is -1.90. The van der Waals surface area contributed by atoms with Gasteiger partial charge in [-0.1, -0.05) is 11.8 Å². The van der Waals surface area contributed by atoms with Crippen LogP contribution in [0.1, 0.15) is 29.8 Å². The predicted octanol–water partition coefficient (Wildman–Crippen LogP) is 1.42. The first-order valence-electron chi connectivity index (χ1n) is 6.85. The fourth-order valence-corrected chi connectivity index (χ4v) is 2.45. The van der Waals surface area contributed by atoms with Gasteiger partial charge in [0.05, 0.1) is 17.8 Å². The molecule has 0 radical (unpaired) electrons. The molecule has 0 spiro atoms. The number of morpholine rings is 1. The van der Waals surface area contributed by atoms with Crippen molar-refractivity contribution in [1.82, 2.24) is 4.90 Å². The number of nitrogens with zero attached hydrogens (tertiary/aromatic N) is 1. The molecule has 4 nitrogen and oxygen atoms in total. The summed E-state index contributed by atoms with van der Waals surface area (Å²) < 4.78 is 19.0. The number of rotatable bonds is 1. The average molecular weight is 291 g/mol. The number of benzene rings is 1. The van der Waals surface area contributed by atoms with Crippen molar-refractivity contribution in [1.29, 1.82) is 0 Å². The Kier molecular flexibility index (Phi) is 4.94. The van der Waals surface area contributed by atoms with Crippen LogP contribution >= 0.6 is 0 Å². The maximum Gasteiger partial charge on any atom is 0.255 e. The lowest BCUT2D eigenvalue weighted by molar-refractivity contribution is -0.0586. The van der Waals surface area contributed by atoms with Gasteiger partial charge >= 0.3 is 0 Å². The zero-order chi connectivity index (χ0) is 15.4. The maximum absolute atomic E-state index is 13.5. The first-order chi connectivity index (χ1) is 10.0. The molecule has 2 unspecified atom stereocenters. The van der Waals surface area contributed by atoms with Crippen molar-refractivity contribution < 1.29 is 19.0 Å². The van der Waals surface area contributed by atoms with Gasteiger partial charge in [0.15, 0.2) is 0 Å². The Bertz CT molecular complexity index is 581. The number of hydrogen-bond donors (Lipinski definition) is 1. The van der Waals surface area contributed by atoms with Crippen molar-refractivity contribution in [2.75, 3.05) is 19.7 Å². The lowest BCUT2D eigenvalue weighted by atomic mass is 10.1. The number of aliphatic hydroxyl groups is 1. The highest BCUT2D eigenvalue weighted by Gasteiger charge is 2.27. The zero-order valence-corrected chi connectivity index (χ0v) is 12.1. The highest BCUT2D eigenvalue weighted by molar-refractivity contribution is 5.96. The van der Waals surface area contributed by atoms with E-state index >= 15 is 0 Å². The molecule has 2 atom stereocenters. The van der Waals surface area contributed by atoms with Crippen molar-refractivity contribution >= 4 is 5.91 Å². The molecule has 0 aliphatic carbocycles. The smallest absolute Gasteiger partial charge is 0.255 e. The van der Waals surface area contributed by atoms with Crippen LogP contribution < -0.4 is 0 Å². The van der Waals surface area contributed by atoms with Crippen LogP contribution in [0.25, 0.3) is 0 Å². The molecule has 1 amide bonds. The summed E-state index contributed by atoms with van der Waals surface area (Å²) >= 11 is 0. The zero-order valence-electron chi connectivity index (χ0n) is 12.1. The van der Waals surface area contributed by atoms with Crippen LogP contribution in [0.2, 0.25) is 0 Å². The standard InChI is InChI=1S/C16H18FNO3/c1-11-9-18(10-12(2)21-11)16(20)15-8-14(17)6-5-13(15)4-3-7-19/h5-6,8,11-12,19H,7,9-10H2,1-2H3. The molecule has 2 rings (SSSR count). The van der Waals surface area contributed by atoms with Crippen LogP contribution in [0.5, 0.6) is 0 Å². The minimum absolute atomic E-state index is 0.0572. The number of hydrogen-bond acceptors (Lipinski definition) is 3. The second-order valence-electron chi connectivity index (χ2n) is 5.12. The van der Waals surface area contributed by atoms with E-state index in [1.165, 1.54) is 18.2 Å². The molecule has 1 heterocycles. The van der Waals surface area contributed by atoms with Crippen molar-refractivity contribution in [2.24, 2.45) is 0 Å². The number of ether oxygens (including phenoxy) is 1. The van der Waals surface area contributed by atoms with E-state index in [1.807, 2.05) is 13.8 Å². The summed E-state index contributed by atoms with van der Waals surface area (Å²) in [6, 6.07) is 3.90. The quantitative estimate of drug-likeness (QED) is 0.796. The van der Waals surface area contributed by atoms with E-state index in [9.17, 15) is 9.18 Å². The van der Waals surface area contributed by atoms with E-state index in [-0.39, 0.29) is 30.3 Å². The minimum atomic E-state index is -0.484. The van der Waals surface area contributed by atoms with Crippen LogP contribution in [-0.4, -0.2) is 47.8 Å². The summed E-state index contributed by atoms with van der Waals surface area (Å²) in [5.41, 5.74) is 0.638. The lowest BCUT2D eigenvalue weighted by Gasteiger charge is -2.35. The number of carbonyl (C=O) groups is 1. The van der Waals surface area contributed by atoms with Gasteiger partial charge in [0.25, 0.3) is 5.91 Å². The largest absolute Gasteiger partial charge is 0.384 e. The molecule has 1 fully saturated rings. The molecule has 0 saturated carbocycles. The summed E-state index contributed by atoms with van der Waals surface area (Å²) in [5.74, 6) is 4.43. The molecule has 5 heteroatoms. The molecule has 1 N–H and O–H groups in total. The summed E-state index contributed by atoms with van der Waals surface area (Å²) in [7, 11) is 0. The van der Waals surface area contributed by atoms with Crippen LogP contribution in [0.15, 0.2) is 18.2 Å². The van der Waals surface area contributed by atoms with Gasteiger partial charge in [0.2, 0.25) is 0 Å². The van der Waals surface area contributed by atoms with Crippen molar-refractivity contribution in [2.45, 2.75) is 26.1 Å². The SMILES string of the molecule is CC1CN(C(=O)c2cc(F)ccc2C#CCO)CC(C)O1. The summed E-state index contributed by atoms with van der Waals surface area (Å²) in [5, 5.41) is 8.77. The fourth-order valence-electron chi connectivity index (χ4n) is 2.45. The fraction of sp³-hybridized carbons (Fsp3) is 0.438. The van der Waals surface area contributed by atoms with E-state index in [4.69, 9.17) is 9.84 Å². The topological polar surface area (TPSA) is 49.8 Å². The minimum Gasteiger partial charge on any atom is -0.384 e. The molecule has 1 aromatic carbocycles. The molecule has 0 bridgehead atoms. The molecular formula is C16H18FNO3. The summed E-state index contributed by atoms with van der Waals surface area (Å²) in [6.07, 6.45) is -0.114. The Morgan fingerprint density at radius 3 is 2.71 bits per heavy atom. The summed E-state index contributed by atoms with van der Waals surface area (Å²) in [4.78, 5) is 14.3. The molecule has 112 valence electrons. The van der Waals surface area contributed by atoms with Gasteiger partial charge in [-0.15, -0.1) is 0 Å². The first-order valence-corrected chi connectivity index (χ1v) is 6.85. The average Bonchev–Trinajstić information content (AvgIpc) is 2.44. The monoisotopic (exact) mass is 291 g/mol. The number of halogens is 1. The number of amides is 1. The molecule has 1 saturated heterocycles. The van der Waals surface area contributed by atoms with Crippen molar-refractivity contribution in [3.8, 4) is 11.8 Å². The second-order valence-corrected chi connectivity index (χ2v) is 5.12. The molecule has 1 aromatic rings. The number of carbonyl (C=O) groups excluding carboxylic acids is 1. The van der Waals surface area contributed by atoms with E-state index in [2.05, 4.69) is 11.8 Å². The predicted molar refractivity (Wildman–Crippen MR) is 76.3 cm³/mol. The van der Waals surface area contributed by atoms with Gasteiger partial charge in [0, 0.05) is 18.7 Å². The van der Waals surface area contributed by atoms with E-state index in [1.54, 1.807) is 4.90 Å². The van der Waals surface area contributed by atoms with E-state index in [0.717, 1.165) is 0 Å². The molecule has 1 aliphatic rings. The van der Waals surface area contributed by atoms with Crippen molar-refractivity contribution in [3.63, 3.8) is 0 Å². The Morgan fingerprint density at radius 2 is 2.10 bits per heavy atom. The normalized spacial score (nSPS) is 21.6. The van der Waals surface area contributed by atoms with Gasteiger partial charge in [-0.25, -0.2) is 4.39 Å². The van der Waals surface area contributed by atoms with Gasteiger partial charge in [0.1, 0.15) is 12.4 Å².